The van der Waals surface area contributed by atoms with Crippen LogP contribution in [-0.4, -0.2) is 42.6 Å². The van der Waals surface area contributed by atoms with Gasteiger partial charge in [0.05, 0.1) is 24.5 Å². The van der Waals surface area contributed by atoms with E-state index in [1.807, 2.05) is 0 Å². The van der Waals surface area contributed by atoms with Gasteiger partial charge in [0.1, 0.15) is 0 Å². The van der Waals surface area contributed by atoms with Gasteiger partial charge in [-0.3, -0.25) is 9.59 Å². The Morgan fingerprint density at radius 1 is 1.20 bits per heavy atom. The molecule has 7 nitrogen and oxygen atoms in total. The van der Waals surface area contributed by atoms with Gasteiger partial charge in [0.15, 0.2) is 0 Å². The molecule has 0 saturated carbocycles. The zero-order valence-electron chi connectivity index (χ0n) is 11.0. The summed E-state index contributed by atoms with van der Waals surface area (Å²) in [4.78, 5) is 34.6. The molecule has 108 valence electrons. The zero-order valence-corrected chi connectivity index (χ0v) is 11.0. The molecule has 0 saturated heterocycles. The van der Waals surface area contributed by atoms with Crippen LogP contribution in [0.15, 0.2) is 24.3 Å². The van der Waals surface area contributed by atoms with E-state index in [2.05, 4.69) is 10.6 Å². The number of ether oxygens (including phenoxy) is 1. The molecule has 0 spiro atoms. The van der Waals surface area contributed by atoms with Gasteiger partial charge in [-0.1, -0.05) is 12.1 Å². The highest BCUT2D eigenvalue weighted by molar-refractivity contribution is 6.40. The molecule has 0 unspecified atom stereocenters. The van der Waals surface area contributed by atoms with Crippen LogP contribution in [-0.2, 0) is 14.3 Å². The third-order valence-corrected chi connectivity index (χ3v) is 2.27. The lowest BCUT2D eigenvalue weighted by Gasteiger charge is -2.10. The number of hydrogen-bond donors (Lipinski definition) is 3. The summed E-state index contributed by atoms with van der Waals surface area (Å²) in [5.74, 6) is -2.40. The van der Waals surface area contributed by atoms with Crippen molar-refractivity contribution < 1.29 is 24.2 Å². The van der Waals surface area contributed by atoms with E-state index < -0.39 is 17.8 Å². The van der Waals surface area contributed by atoms with Gasteiger partial charge < -0.3 is 20.5 Å². The summed E-state index contributed by atoms with van der Waals surface area (Å²) >= 11 is 0. The smallest absolute Gasteiger partial charge is 0.340 e. The van der Waals surface area contributed by atoms with E-state index in [0.29, 0.717) is 0 Å². The number of carbonyl (C=O) groups excluding carboxylic acids is 3. The van der Waals surface area contributed by atoms with E-state index in [9.17, 15) is 14.4 Å². The maximum absolute atomic E-state index is 11.7. The van der Waals surface area contributed by atoms with Crippen LogP contribution in [0.4, 0.5) is 5.69 Å². The van der Waals surface area contributed by atoms with Crippen LogP contribution < -0.4 is 10.6 Å². The molecule has 20 heavy (non-hydrogen) atoms. The molecule has 2 amide bonds. The SMILES string of the molecule is CCOC(=O)c1ccccc1NC(=O)C(=O)NCCO. The van der Waals surface area contributed by atoms with Crippen molar-refractivity contribution in [3.63, 3.8) is 0 Å². The third kappa shape index (κ3) is 4.36. The summed E-state index contributed by atoms with van der Waals surface area (Å²) in [7, 11) is 0. The lowest BCUT2D eigenvalue weighted by molar-refractivity contribution is -0.136. The molecule has 1 aromatic rings. The number of carbonyl (C=O) groups is 3. The fourth-order valence-corrected chi connectivity index (χ4v) is 1.41. The second-order valence-corrected chi connectivity index (χ2v) is 3.70. The van der Waals surface area contributed by atoms with Crippen LogP contribution >= 0.6 is 0 Å². The molecular weight excluding hydrogens is 264 g/mol. The van der Waals surface area contributed by atoms with Crippen LogP contribution in [0.5, 0.6) is 0 Å². The highest BCUT2D eigenvalue weighted by Gasteiger charge is 2.17. The Labute approximate surface area is 115 Å². The summed E-state index contributed by atoms with van der Waals surface area (Å²) in [6.07, 6.45) is 0. The van der Waals surface area contributed by atoms with Crippen LogP contribution in [0.1, 0.15) is 17.3 Å². The minimum Gasteiger partial charge on any atom is -0.462 e. The number of hydrogen-bond acceptors (Lipinski definition) is 5. The lowest BCUT2D eigenvalue weighted by atomic mass is 10.2. The van der Waals surface area contributed by atoms with Crippen molar-refractivity contribution >= 4 is 23.5 Å². The van der Waals surface area contributed by atoms with Crippen molar-refractivity contribution in [3.8, 4) is 0 Å². The van der Waals surface area contributed by atoms with Gasteiger partial charge in [0, 0.05) is 6.54 Å². The van der Waals surface area contributed by atoms with Gasteiger partial charge in [0.2, 0.25) is 0 Å². The summed E-state index contributed by atoms with van der Waals surface area (Å²) in [6, 6.07) is 6.21. The number of rotatable bonds is 5. The average Bonchev–Trinajstić information content (AvgIpc) is 2.45. The van der Waals surface area contributed by atoms with E-state index >= 15 is 0 Å². The molecule has 0 radical (unpaired) electrons. The average molecular weight is 280 g/mol. The fraction of sp³-hybridized carbons (Fsp3) is 0.308. The Morgan fingerprint density at radius 2 is 1.90 bits per heavy atom. The Balaban J connectivity index is 2.79. The topological polar surface area (TPSA) is 105 Å². The monoisotopic (exact) mass is 280 g/mol. The van der Waals surface area contributed by atoms with Crippen molar-refractivity contribution in [2.45, 2.75) is 6.92 Å². The Morgan fingerprint density at radius 3 is 2.55 bits per heavy atom. The van der Waals surface area contributed by atoms with Crippen molar-refractivity contribution in [2.24, 2.45) is 0 Å². The second kappa shape index (κ2) is 7.90. The molecule has 0 bridgehead atoms. The van der Waals surface area contributed by atoms with E-state index in [-0.39, 0.29) is 31.0 Å². The molecule has 0 aliphatic carbocycles. The highest BCUT2D eigenvalue weighted by atomic mass is 16.5. The van der Waals surface area contributed by atoms with Crippen molar-refractivity contribution in [1.29, 1.82) is 0 Å². The van der Waals surface area contributed by atoms with E-state index in [1.165, 1.54) is 12.1 Å². The molecule has 1 aromatic carbocycles. The summed E-state index contributed by atoms with van der Waals surface area (Å²) < 4.78 is 4.85. The van der Waals surface area contributed by atoms with Crippen molar-refractivity contribution in [2.75, 3.05) is 25.1 Å². The minimum atomic E-state index is -0.921. The molecule has 1 rings (SSSR count). The number of anilines is 1. The predicted molar refractivity (Wildman–Crippen MR) is 71.1 cm³/mol. The van der Waals surface area contributed by atoms with Gasteiger partial charge in [-0.15, -0.1) is 0 Å². The number of esters is 1. The minimum absolute atomic E-state index is 0.0220. The number of benzene rings is 1. The quantitative estimate of drug-likeness (QED) is 0.516. The van der Waals surface area contributed by atoms with Gasteiger partial charge in [-0.2, -0.15) is 0 Å². The first-order chi connectivity index (χ1) is 9.60. The van der Waals surface area contributed by atoms with Crippen molar-refractivity contribution in [3.05, 3.63) is 29.8 Å². The molecule has 3 N–H and O–H groups in total. The van der Waals surface area contributed by atoms with Crippen LogP contribution in [0.25, 0.3) is 0 Å². The van der Waals surface area contributed by atoms with Crippen LogP contribution in [0.2, 0.25) is 0 Å². The maximum Gasteiger partial charge on any atom is 0.340 e. The first-order valence-electron chi connectivity index (χ1n) is 6.06. The largest absolute Gasteiger partial charge is 0.462 e. The fourth-order valence-electron chi connectivity index (χ4n) is 1.41. The Bertz CT molecular complexity index is 501. The number of nitrogens with one attached hydrogen (secondary N) is 2. The lowest BCUT2D eigenvalue weighted by Crippen LogP contribution is -2.37. The van der Waals surface area contributed by atoms with Gasteiger partial charge >= 0.3 is 17.8 Å². The molecule has 0 heterocycles. The van der Waals surface area contributed by atoms with E-state index in [0.717, 1.165) is 0 Å². The molecular formula is C13H16N2O5. The normalized spacial score (nSPS) is 9.70. The first kappa shape index (κ1) is 15.6. The maximum atomic E-state index is 11.7. The van der Waals surface area contributed by atoms with Gasteiger partial charge in [0.25, 0.3) is 0 Å². The number of para-hydroxylation sites is 1. The van der Waals surface area contributed by atoms with Crippen molar-refractivity contribution in [1.82, 2.24) is 5.32 Å². The number of aliphatic hydroxyl groups is 1. The molecule has 0 aliphatic heterocycles. The molecule has 0 fully saturated rings. The first-order valence-corrected chi connectivity index (χ1v) is 6.06. The summed E-state index contributed by atoms with van der Waals surface area (Å²) in [5, 5.41) is 13.1. The van der Waals surface area contributed by atoms with E-state index in [4.69, 9.17) is 9.84 Å². The standard InChI is InChI=1S/C13H16N2O5/c1-2-20-13(19)9-5-3-4-6-10(9)15-12(18)11(17)14-7-8-16/h3-6,16H,2,7-8H2,1H3,(H,14,17)(H,15,18). The zero-order chi connectivity index (χ0) is 15.0. The predicted octanol–water partition coefficient (Wildman–Crippen LogP) is -0.0897. The summed E-state index contributed by atoms with van der Waals surface area (Å²) in [6.45, 7) is 1.59. The highest BCUT2D eigenvalue weighted by Crippen LogP contribution is 2.16. The van der Waals surface area contributed by atoms with E-state index in [1.54, 1.807) is 19.1 Å². The Kier molecular flexibility index (Phi) is 6.18. The molecule has 7 heteroatoms. The molecule has 0 aliphatic rings. The third-order valence-electron chi connectivity index (χ3n) is 2.27. The van der Waals surface area contributed by atoms with Gasteiger partial charge in [-0.25, -0.2) is 4.79 Å². The van der Waals surface area contributed by atoms with Crippen LogP contribution in [0, 0.1) is 0 Å². The number of aliphatic hydroxyl groups excluding tert-OH is 1. The van der Waals surface area contributed by atoms with Gasteiger partial charge in [-0.05, 0) is 19.1 Å². The molecule has 0 atom stereocenters. The summed E-state index contributed by atoms with van der Waals surface area (Å²) in [5.41, 5.74) is 0.354. The van der Waals surface area contributed by atoms with Crippen LogP contribution in [0.3, 0.4) is 0 Å². The Hall–Kier alpha value is -2.41. The second-order valence-electron chi connectivity index (χ2n) is 3.70. The number of amides is 2. The molecule has 0 aromatic heterocycles.